The van der Waals surface area contributed by atoms with Crippen molar-refractivity contribution in [1.82, 2.24) is 0 Å². The molecule has 0 aliphatic heterocycles. The van der Waals surface area contributed by atoms with Gasteiger partial charge in [-0.2, -0.15) is 0 Å². The molecule has 1 aliphatic carbocycles. The second-order valence-corrected chi connectivity index (χ2v) is 8.48. The number of ether oxygens (including phenoxy) is 2. The highest BCUT2D eigenvalue weighted by Crippen LogP contribution is 2.35. The van der Waals surface area contributed by atoms with Crippen molar-refractivity contribution in [3.05, 3.63) is 54.6 Å². The Bertz CT molecular complexity index is 828. The first-order valence-electron chi connectivity index (χ1n) is 11.1. The molecule has 0 N–H and O–H groups in total. The molecule has 1 saturated carbocycles. The Labute approximate surface area is 179 Å². The van der Waals surface area contributed by atoms with Crippen LogP contribution >= 0.6 is 0 Å². The van der Waals surface area contributed by atoms with E-state index in [9.17, 15) is 9.59 Å². The maximum atomic E-state index is 13.1. The van der Waals surface area contributed by atoms with Crippen LogP contribution in [0.2, 0.25) is 0 Å². The Morgan fingerprint density at radius 3 is 2.23 bits per heavy atom. The molecule has 2 unspecified atom stereocenters. The maximum Gasteiger partial charge on any atom is 0.315 e. The van der Waals surface area contributed by atoms with Crippen molar-refractivity contribution < 1.29 is 19.1 Å². The van der Waals surface area contributed by atoms with E-state index in [2.05, 4.69) is 13.8 Å². The molecule has 0 amide bonds. The highest BCUT2D eigenvalue weighted by molar-refractivity contribution is 5.85. The molecule has 0 heterocycles. The van der Waals surface area contributed by atoms with Crippen molar-refractivity contribution in [3.63, 3.8) is 0 Å². The second kappa shape index (κ2) is 11.0. The Balaban J connectivity index is 1.67. The van der Waals surface area contributed by atoms with E-state index in [-0.39, 0.29) is 11.9 Å². The summed E-state index contributed by atoms with van der Waals surface area (Å²) in [6, 6.07) is 17.4. The van der Waals surface area contributed by atoms with Gasteiger partial charge in [0.15, 0.2) is 0 Å². The number of rotatable bonds is 8. The lowest BCUT2D eigenvalue weighted by molar-refractivity contribution is -0.158. The van der Waals surface area contributed by atoms with E-state index < -0.39 is 11.8 Å². The fourth-order valence-electron chi connectivity index (χ4n) is 4.06. The lowest BCUT2D eigenvalue weighted by atomic mass is 9.79. The van der Waals surface area contributed by atoms with E-state index in [4.69, 9.17) is 9.47 Å². The SMILES string of the molecule is CC(C)CCCOC(=O)C1CCCCC1C(=O)Oc1ccccc1-c1ccccc1. The minimum Gasteiger partial charge on any atom is -0.465 e. The summed E-state index contributed by atoms with van der Waals surface area (Å²) in [5.74, 6) is -0.317. The van der Waals surface area contributed by atoms with Crippen molar-refractivity contribution in [3.8, 4) is 16.9 Å². The van der Waals surface area contributed by atoms with Crippen molar-refractivity contribution in [2.24, 2.45) is 17.8 Å². The molecule has 30 heavy (non-hydrogen) atoms. The van der Waals surface area contributed by atoms with Gasteiger partial charge in [-0.1, -0.05) is 75.2 Å². The fraction of sp³-hybridized carbons (Fsp3) is 0.462. The van der Waals surface area contributed by atoms with Crippen LogP contribution in [0.3, 0.4) is 0 Å². The summed E-state index contributed by atoms with van der Waals surface area (Å²) in [6.45, 7) is 4.73. The van der Waals surface area contributed by atoms with E-state index in [0.717, 1.165) is 36.8 Å². The molecule has 2 aromatic carbocycles. The zero-order valence-electron chi connectivity index (χ0n) is 18.0. The zero-order valence-corrected chi connectivity index (χ0v) is 18.0. The number of esters is 2. The molecule has 4 nitrogen and oxygen atoms in total. The van der Waals surface area contributed by atoms with E-state index >= 15 is 0 Å². The first-order valence-corrected chi connectivity index (χ1v) is 11.1. The van der Waals surface area contributed by atoms with Gasteiger partial charge in [0.2, 0.25) is 0 Å². The van der Waals surface area contributed by atoms with Gasteiger partial charge in [0.1, 0.15) is 5.75 Å². The number of benzene rings is 2. The van der Waals surface area contributed by atoms with Crippen molar-refractivity contribution in [2.75, 3.05) is 6.61 Å². The third-order valence-electron chi connectivity index (χ3n) is 5.72. The van der Waals surface area contributed by atoms with Gasteiger partial charge >= 0.3 is 11.9 Å². The summed E-state index contributed by atoms with van der Waals surface area (Å²) in [5, 5.41) is 0. The van der Waals surface area contributed by atoms with Crippen LogP contribution in [0.1, 0.15) is 52.4 Å². The second-order valence-electron chi connectivity index (χ2n) is 8.48. The molecule has 160 valence electrons. The van der Waals surface area contributed by atoms with Crippen molar-refractivity contribution in [1.29, 1.82) is 0 Å². The van der Waals surface area contributed by atoms with Crippen LogP contribution in [0.15, 0.2) is 54.6 Å². The van der Waals surface area contributed by atoms with Crippen LogP contribution in [0.25, 0.3) is 11.1 Å². The lowest BCUT2D eigenvalue weighted by Gasteiger charge is -2.28. The van der Waals surface area contributed by atoms with Crippen LogP contribution in [0.4, 0.5) is 0 Å². The van der Waals surface area contributed by atoms with Gasteiger partial charge in [-0.25, -0.2) is 0 Å². The third kappa shape index (κ3) is 5.94. The number of para-hydroxylation sites is 1. The van der Waals surface area contributed by atoms with Crippen LogP contribution in [-0.4, -0.2) is 18.5 Å². The van der Waals surface area contributed by atoms with Crippen LogP contribution in [0, 0.1) is 17.8 Å². The molecule has 2 atom stereocenters. The van der Waals surface area contributed by atoms with Crippen molar-refractivity contribution >= 4 is 11.9 Å². The highest BCUT2D eigenvalue weighted by atomic mass is 16.5. The smallest absolute Gasteiger partial charge is 0.315 e. The van der Waals surface area contributed by atoms with E-state index in [0.29, 0.717) is 31.1 Å². The summed E-state index contributed by atoms with van der Waals surface area (Å²) in [5.41, 5.74) is 1.86. The normalized spacial score (nSPS) is 18.8. The maximum absolute atomic E-state index is 13.1. The average molecular weight is 409 g/mol. The molecule has 0 saturated heterocycles. The monoisotopic (exact) mass is 408 g/mol. The number of carbonyl (C=O) groups excluding carboxylic acids is 2. The van der Waals surface area contributed by atoms with Crippen molar-refractivity contribution in [2.45, 2.75) is 52.4 Å². The molecule has 0 aromatic heterocycles. The first-order chi connectivity index (χ1) is 14.6. The molecule has 4 heteroatoms. The fourth-order valence-corrected chi connectivity index (χ4v) is 4.06. The van der Waals surface area contributed by atoms with Gasteiger partial charge in [-0.05, 0) is 43.2 Å². The van der Waals surface area contributed by atoms with Crippen LogP contribution in [-0.2, 0) is 14.3 Å². The molecule has 0 radical (unpaired) electrons. The average Bonchev–Trinajstić information content (AvgIpc) is 2.77. The number of carbonyl (C=O) groups is 2. The van der Waals surface area contributed by atoms with Gasteiger partial charge in [-0.3, -0.25) is 9.59 Å². The Morgan fingerprint density at radius 1 is 0.900 bits per heavy atom. The molecule has 3 rings (SSSR count). The molecule has 0 spiro atoms. The lowest BCUT2D eigenvalue weighted by Crippen LogP contribution is -2.36. The van der Waals surface area contributed by atoms with Gasteiger partial charge < -0.3 is 9.47 Å². The summed E-state index contributed by atoms with van der Waals surface area (Å²) in [4.78, 5) is 25.7. The van der Waals surface area contributed by atoms with Gasteiger partial charge in [-0.15, -0.1) is 0 Å². The number of hydrogen-bond acceptors (Lipinski definition) is 4. The van der Waals surface area contributed by atoms with Gasteiger partial charge in [0.25, 0.3) is 0 Å². The predicted molar refractivity (Wildman–Crippen MR) is 118 cm³/mol. The Kier molecular flexibility index (Phi) is 8.06. The predicted octanol–water partition coefficient (Wildman–Crippen LogP) is 6.04. The summed E-state index contributed by atoms with van der Waals surface area (Å²) in [6.07, 6.45) is 5.10. The molecular weight excluding hydrogens is 376 g/mol. The Hall–Kier alpha value is -2.62. The van der Waals surface area contributed by atoms with Gasteiger partial charge in [0.05, 0.1) is 18.4 Å². The Morgan fingerprint density at radius 2 is 1.53 bits per heavy atom. The number of hydrogen-bond donors (Lipinski definition) is 0. The zero-order chi connectivity index (χ0) is 21.3. The topological polar surface area (TPSA) is 52.6 Å². The summed E-state index contributed by atoms with van der Waals surface area (Å²) in [7, 11) is 0. The van der Waals surface area contributed by atoms with Crippen LogP contribution in [0.5, 0.6) is 5.75 Å². The first kappa shape index (κ1) is 22.1. The van der Waals surface area contributed by atoms with E-state index in [1.54, 1.807) is 0 Å². The molecule has 0 bridgehead atoms. The summed E-state index contributed by atoms with van der Waals surface area (Å²) < 4.78 is 11.3. The highest BCUT2D eigenvalue weighted by Gasteiger charge is 2.38. The molecule has 1 aliphatic rings. The molecular formula is C26H32O4. The largest absolute Gasteiger partial charge is 0.465 e. The standard InChI is InChI=1S/C26H32O4/c1-19(2)11-10-18-29-25(27)22-15-6-7-16-23(22)26(28)30-24-17-9-8-14-21(24)20-12-4-3-5-13-20/h3-5,8-9,12-14,17,19,22-23H,6-7,10-11,15-16,18H2,1-2H3. The van der Waals surface area contributed by atoms with E-state index in [1.165, 1.54) is 0 Å². The van der Waals surface area contributed by atoms with Crippen LogP contribution < -0.4 is 4.74 Å². The third-order valence-corrected chi connectivity index (χ3v) is 5.72. The van der Waals surface area contributed by atoms with E-state index in [1.807, 2.05) is 54.6 Å². The van der Waals surface area contributed by atoms with Gasteiger partial charge in [0, 0.05) is 5.56 Å². The minimum absolute atomic E-state index is 0.253. The molecule has 1 fully saturated rings. The summed E-state index contributed by atoms with van der Waals surface area (Å²) >= 11 is 0. The minimum atomic E-state index is -0.444. The molecule has 2 aromatic rings. The quantitative estimate of drug-likeness (QED) is 0.303.